The summed E-state index contributed by atoms with van der Waals surface area (Å²) in [6.07, 6.45) is 2.90. The van der Waals surface area contributed by atoms with E-state index >= 15 is 0 Å². The Morgan fingerprint density at radius 2 is 2.08 bits per heavy atom. The SMILES string of the molecule is Cc1c(C(=O)NCC(C)(O)c2ccco2)cnn1-c1ccc(F)cc1. The van der Waals surface area contributed by atoms with Crippen LogP contribution < -0.4 is 5.32 Å². The van der Waals surface area contributed by atoms with E-state index in [0.717, 1.165) is 0 Å². The summed E-state index contributed by atoms with van der Waals surface area (Å²) in [5.41, 5.74) is 0.321. The Balaban J connectivity index is 1.74. The number of benzene rings is 1. The predicted molar refractivity (Wildman–Crippen MR) is 88.9 cm³/mol. The molecule has 3 aromatic rings. The van der Waals surface area contributed by atoms with Crippen molar-refractivity contribution in [1.82, 2.24) is 15.1 Å². The number of rotatable bonds is 5. The highest BCUT2D eigenvalue weighted by Crippen LogP contribution is 2.20. The summed E-state index contributed by atoms with van der Waals surface area (Å²) < 4.78 is 19.8. The van der Waals surface area contributed by atoms with Gasteiger partial charge in [-0.15, -0.1) is 0 Å². The maximum Gasteiger partial charge on any atom is 0.254 e. The van der Waals surface area contributed by atoms with Crippen LogP contribution in [0.3, 0.4) is 0 Å². The third-order valence-corrected chi connectivity index (χ3v) is 3.97. The van der Waals surface area contributed by atoms with Crippen molar-refractivity contribution in [3.8, 4) is 5.69 Å². The molecule has 7 heteroatoms. The number of hydrogen-bond donors (Lipinski definition) is 2. The number of nitrogens with zero attached hydrogens (tertiary/aromatic N) is 2. The second-order valence-electron chi connectivity index (χ2n) is 5.97. The molecular formula is C18H18FN3O3. The van der Waals surface area contributed by atoms with Crippen LogP contribution in [0.25, 0.3) is 5.69 Å². The van der Waals surface area contributed by atoms with Gasteiger partial charge in [-0.25, -0.2) is 9.07 Å². The van der Waals surface area contributed by atoms with Crippen LogP contribution in [-0.2, 0) is 5.60 Å². The number of hydrogen-bond acceptors (Lipinski definition) is 4. The van der Waals surface area contributed by atoms with E-state index in [9.17, 15) is 14.3 Å². The van der Waals surface area contributed by atoms with E-state index in [-0.39, 0.29) is 18.3 Å². The molecular weight excluding hydrogens is 325 g/mol. The fourth-order valence-corrected chi connectivity index (χ4v) is 2.49. The van der Waals surface area contributed by atoms with Crippen molar-refractivity contribution in [2.24, 2.45) is 0 Å². The van der Waals surface area contributed by atoms with Crippen molar-refractivity contribution in [3.05, 3.63) is 71.7 Å². The first-order valence-corrected chi connectivity index (χ1v) is 7.73. The van der Waals surface area contributed by atoms with E-state index < -0.39 is 5.60 Å². The van der Waals surface area contributed by atoms with E-state index in [0.29, 0.717) is 22.7 Å². The zero-order valence-electron chi connectivity index (χ0n) is 13.9. The standard InChI is InChI=1S/C18H18FN3O3/c1-12-15(10-21-22(12)14-7-5-13(19)6-8-14)17(23)20-11-18(2,24)16-4-3-9-25-16/h3-10,24H,11H2,1-2H3,(H,20,23). The zero-order valence-corrected chi connectivity index (χ0v) is 13.9. The first-order valence-electron chi connectivity index (χ1n) is 7.73. The third-order valence-electron chi connectivity index (χ3n) is 3.97. The van der Waals surface area contributed by atoms with Crippen LogP contribution in [0, 0.1) is 12.7 Å². The van der Waals surface area contributed by atoms with Crippen molar-refractivity contribution in [3.63, 3.8) is 0 Å². The second kappa shape index (κ2) is 6.52. The molecule has 0 radical (unpaired) electrons. The number of aliphatic hydroxyl groups is 1. The van der Waals surface area contributed by atoms with E-state index in [1.165, 1.54) is 24.6 Å². The average molecular weight is 343 g/mol. The van der Waals surface area contributed by atoms with E-state index in [4.69, 9.17) is 4.42 Å². The lowest BCUT2D eigenvalue weighted by atomic mass is 10.0. The fraction of sp³-hybridized carbons (Fsp3) is 0.222. The Bertz CT molecular complexity index is 868. The topological polar surface area (TPSA) is 80.3 Å². The molecule has 25 heavy (non-hydrogen) atoms. The van der Waals surface area contributed by atoms with Crippen molar-refractivity contribution < 1.29 is 18.7 Å². The van der Waals surface area contributed by atoms with E-state index in [2.05, 4.69) is 10.4 Å². The Hall–Kier alpha value is -2.93. The minimum Gasteiger partial charge on any atom is -0.466 e. The maximum atomic E-state index is 13.0. The predicted octanol–water partition coefficient (Wildman–Crippen LogP) is 2.55. The summed E-state index contributed by atoms with van der Waals surface area (Å²) in [6.45, 7) is 3.29. The molecule has 3 rings (SSSR count). The molecule has 0 saturated heterocycles. The molecule has 0 aliphatic carbocycles. The average Bonchev–Trinajstić information content (AvgIpc) is 3.24. The van der Waals surface area contributed by atoms with Crippen molar-refractivity contribution in [2.45, 2.75) is 19.4 Å². The van der Waals surface area contributed by atoms with Crippen LogP contribution in [0.5, 0.6) is 0 Å². The van der Waals surface area contributed by atoms with Crippen LogP contribution in [0.4, 0.5) is 4.39 Å². The lowest BCUT2D eigenvalue weighted by molar-refractivity contribution is 0.0330. The summed E-state index contributed by atoms with van der Waals surface area (Å²) in [6, 6.07) is 9.14. The molecule has 0 bridgehead atoms. The highest BCUT2D eigenvalue weighted by Gasteiger charge is 2.27. The molecule has 0 saturated carbocycles. The van der Waals surface area contributed by atoms with Gasteiger partial charge in [-0.2, -0.15) is 5.10 Å². The fourth-order valence-electron chi connectivity index (χ4n) is 2.49. The van der Waals surface area contributed by atoms with Gasteiger partial charge in [-0.05, 0) is 50.2 Å². The Kier molecular flexibility index (Phi) is 4.41. The Morgan fingerprint density at radius 1 is 1.36 bits per heavy atom. The molecule has 6 nitrogen and oxygen atoms in total. The minimum absolute atomic E-state index is 0.0134. The zero-order chi connectivity index (χ0) is 18.0. The number of halogens is 1. The molecule has 2 N–H and O–H groups in total. The molecule has 0 fully saturated rings. The molecule has 130 valence electrons. The Labute approximate surface area is 143 Å². The normalized spacial score (nSPS) is 13.4. The van der Waals surface area contributed by atoms with Crippen molar-refractivity contribution >= 4 is 5.91 Å². The van der Waals surface area contributed by atoms with Gasteiger partial charge in [-0.1, -0.05) is 0 Å². The van der Waals surface area contributed by atoms with Gasteiger partial charge in [0.2, 0.25) is 0 Å². The summed E-state index contributed by atoms with van der Waals surface area (Å²) in [5.74, 6) is -0.337. The number of amides is 1. The van der Waals surface area contributed by atoms with E-state index in [1.54, 1.807) is 42.8 Å². The molecule has 0 aliphatic rings. The third kappa shape index (κ3) is 3.46. The number of furan rings is 1. The highest BCUT2D eigenvalue weighted by atomic mass is 19.1. The summed E-state index contributed by atoms with van der Waals surface area (Å²) in [4.78, 5) is 12.4. The van der Waals surface area contributed by atoms with Crippen LogP contribution in [-0.4, -0.2) is 27.3 Å². The molecule has 0 spiro atoms. The molecule has 2 heterocycles. The first-order chi connectivity index (χ1) is 11.9. The summed E-state index contributed by atoms with van der Waals surface area (Å²) in [7, 11) is 0. The monoisotopic (exact) mass is 343 g/mol. The minimum atomic E-state index is -1.32. The number of nitrogens with one attached hydrogen (secondary N) is 1. The number of carbonyl (C=O) groups is 1. The highest BCUT2D eigenvalue weighted by molar-refractivity contribution is 5.95. The number of carbonyl (C=O) groups excluding carboxylic acids is 1. The van der Waals surface area contributed by atoms with Gasteiger partial charge in [0.1, 0.15) is 17.2 Å². The molecule has 1 amide bonds. The molecule has 1 atom stereocenters. The van der Waals surface area contributed by atoms with Gasteiger partial charge in [0.15, 0.2) is 0 Å². The van der Waals surface area contributed by atoms with Gasteiger partial charge in [0.25, 0.3) is 5.91 Å². The first kappa shape index (κ1) is 16.9. The van der Waals surface area contributed by atoms with Gasteiger partial charge < -0.3 is 14.8 Å². The van der Waals surface area contributed by atoms with Crippen LogP contribution in [0.15, 0.2) is 53.3 Å². The molecule has 1 unspecified atom stereocenters. The molecule has 0 aliphatic heterocycles. The largest absolute Gasteiger partial charge is 0.466 e. The Morgan fingerprint density at radius 3 is 2.72 bits per heavy atom. The smallest absolute Gasteiger partial charge is 0.254 e. The van der Waals surface area contributed by atoms with Crippen molar-refractivity contribution in [2.75, 3.05) is 6.54 Å². The van der Waals surface area contributed by atoms with E-state index in [1.807, 2.05) is 0 Å². The molecule has 2 aromatic heterocycles. The van der Waals surface area contributed by atoms with Gasteiger partial charge in [0.05, 0.1) is 35.9 Å². The van der Waals surface area contributed by atoms with Crippen LogP contribution in [0.2, 0.25) is 0 Å². The van der Waals surface area contributed by atoms with Gasteiger partial charge in [-0.3, -0.25) is 4.79 Å². The van der Waals surface area contributed by atoms with Crippen LogP contribution >= 0.6 is 0 Å². The quantitative estimate of drug-likeness (QED) is 0.746. The molecule has 1 aromatic carbocycles. The lowest BCUT2D eigenvalue weighted by Gasteiger charge is -2.21. The summed E-state index contributed by atoms with van der Waals surface area (Å²) in [5, 5.41) is 17.2. The lowest BCUT2D eigenvalue weighted by Crippen LogP contribution is -2.38. The maximum absolute atomic E-state index is 13.0. The second-order valence-corrected chi connectivity index (χ2v) is 5.97. The summed E-state index contributed by atoms with van der Waals surface area (Å²) >= 11 is 0. The van der Waals surface area contributed by atoms with Crippen LogP contribution in [0.1, 0.15) is 28.7 Å². The number of aromatic nitrogens is 2. The van der Waals surface area contributed by atoms with Gasteiger partial charge in [0, 0.05) is 0 Å². The van der Waals surface area contributed by atoms with Gasteiger partial charge >= 0.3 is 0 Å². The van der Waals surface area contributed by atoms with Crippen molar-refractivity contribution in [1.29, 1.82) is 0 Å².